The summed E-state index contributed by atoms with van der Waals surface area (Å²) in [6.45, 7) is 4.25. The van der Waals surface area contributed by atoms with Crippen LogP contribution in [0, 0.1) is 0 Å². The van der Waals surface area contributed by atoms with Crippen molar-refractivity contribution in [2.24, 2.45) is 0 Å². The Morgan fingerprint density at radius 1 is 1.03 bits per heavy atom. The Morgan fingerprint density at radius 3 is 2.39 bits per heavy atom. The van der Waals surface area contributed by atoms with Crippen LogP contribution in [0.4, 0.5) is 13.2 Å². The number of halogens is 3. The molecule has 0 saturated carbocycles. The van der Waals surface area contributed by atoms with Crippen LogP contribution in [0.2, 0.25) is 0 Å². The van der Waals surface area contributed by atoms with Crippen LogP contribution in [0.3, 0.4) is 0 Å². The summed E-state index contributed by atoms with van der Waals surface area (Å²) < 4.78 is 45.8. The lowest BCUT2D eigenvalue weighted by Gasteiger charge is -2.23. The normalized spacial score (nSPS) is 11.8. The van der Waals surface area contributed by atoms with E-state index in [0.717, 1.165) is 11.6 Å². The van der Waals surface area contributed by atoms with E-state index in [4.69, 9.17) is 4.42 Å². The van der Waals surface area contributed by atoms with Gasteiger partial charge < -0.3 is 9.73 Å². The molecular formula is C23H24F3N3O2. The third kappa shape index (κ3) is 6.42. The second-order valence-corrected chi connectivity index (χ2v) is 7.54. The zero-order chi connectivity index (χ0) is 22.4. The summed E-state index contributed by atoms with van der Waals surface area (Å²) in [6, 6.07) is 14.9. The lowest BCUT2D eigenvalue weighted by atomic mass is 10.1. The van der Waals surface area contributed by atoms with Gasteiger partial charge in [0, 0.05) is 19.1 Å². The van der Waals surface area contributed by atoms with Crippen molar-refractivity contribution in [1.82, 2.24) is 15.2 Å². The topological polar surface area (TPSA) is 58.4 Å². The molecule has 31 heavy (non-hydrogen) atoms. The number of nitrogens with one attached hydrogen (secondary N) is 1. The maximum absolute atomic E-state index is 13.5. The van der Waals surface area contributed by atoms with Gasteiger partial charge in [0.15, 0.2) is 5.69 Å². The standard InChI is InChI=1S/C23H24F3N3O2/c1-16(2)27-22(30)20-15-31-21(28-20)14-29(12-17-8-4-3-5-9-17)13-18-10-6-7-11-19(18)23(24,25)26/h3-11,15-16H,12-14H2,1-2H3,(H,27,30). The number of carbonyl (C=O) groups is 1. The molecule has 8 heteroatoms. The predicted molar refractivity (Wildman–Crippen MR) is 110 cm³/mol. The molecule has 0 aliphatic heterocycles. The fraction of sp³-hybridized carbons (Fsp3) is 0.304. The van der Waals surface area contributed by atoms with Crippen LogP contribution in [-0.4, -0.2) is 21.8 Å². The van der Waals surface area contributed by atoms with Gasteiger partial charge in [-0.25, -0.2) is 4.98 Å². The molecule has 1 aromatic heterocycles. The van der Waals surface area contributed by atoms with Crippen LogP contribution >= 0.6 is 0 Å². The largest absolute Gasteiger partial charge is 0.447 e. The Balaban J connectivity index is 1.83. The Kier molecular flexibility index (Phi) is 7.12. The number of nitrogens with zero attached hydrogens (tertiary/aromatic N) is 2. The maximum Gasteiger partial charge on any atom is 0.416 e. The first kappa shape index (κ1) is 22.6. The van der Waals surface area contributed by atoms with Crippen molar-refractivity contribution >= 4 is 5.91 Å². The van der Waals surface area contributed by atoms with Crippen molar-refractivity contribution in [3.05, 3.63) is 89.1 Å². The predicted octanol–water partition coefficient (Wildman–Crippen LogP) is 5.03. The molecule has 0 bridgehead atoms. The Labute approximate surface area is 178 Å². The van der Waals surface area contributed by atoms with Gasteiger partial charge >= 0.3 is 6.18 Å². The van der Waals surface area contributed by atoms with Gasteiger partial charge in [0.05, 0.1) is 12.1 Å². The molecule has 0 unspecified atom stereocenters. The highest BCUT2D eigenvalue weighted by Crippen LogP contribution is 2.32. The van der Waals surface area contributed by atoms with Gasteiger partial charge in [0.1, 0.15) is 6.26 Å². The van der Waals surface area contributed by atoms with Crippen LogP contribution in [0.25, 0.3) is 0 Å². The number of rotatable bonds is 8. The van der Waals surface area contributed by atoms with E-state index in [1.807, 2.05) is 44.2 Å². The van der Waals surface area contributed by atoms with E-state index in [2.05, 4.69) is 10.3 Å². The Morgan fingerprint density at radius 2 is 1.71 bits per heavy atom. The van der Waals surface area contributed by atoms with Crippen molar-refractivity contribution in [3.8, 4) is 0 Å². The quantitative estimate of drug-likeness (QED) is 0.543. The van der Waals surface area contributed by atoms with Crippen LogP contribution in [0.15, 0.2) is 65.3 Å². The van der Waals surface area contributed by atoms with Crippen molar-refractivity contribution < 1.29 is 22.4 Å². The lowest BCUT2D eigenvalue weighted by molar-refractivity contribution is -0.138. The van der Waals surface area contributed by atoms with Crippen molar-refractivity contribution in [2.45, 2.75) is 45.7 Å². The average Bonchev–Trinajstić information content (AvgIpc) is 3.16. The van der Waals surface area contributed by atoms with Gasteiger partial charge in [-0.1, -0.05) is 48.5 Å². The van der Waals surface area contributed by atoms with Gasteiger partial charge in [-0.05, 0) is 31.0 Å². The SMILES string of the molecule is CC(C)NC(=O)c1coc(CN(Cc2ccccc2)Cc2ccccc2C(F)(F)F)n1. The molecule has 0 saturated heterocycles. The summed E-state index contributed by atoms with van der Waals surface area (Å²) >= 11 is 0. The smallest absolute Gasteiger partial charge is 0.416 e. The van der Waals surface area contributed by atoms with Gasteiger partial charge in [-0.3, -0.25) is 9.69 Å². The third-order valence-corrected chi connectivity index (χ3v) is 4.53. The third-order valence-electron chi connectivity index (χ3n) is 4.53. The highest BCUT2D eigenvalue weighted by Gasteiger charge is 2.33. The number of hydrogen-bond donors (Lipinski definition) is 1. The highest BCUT2D eigenvalue weighted by atomic mass is 19.4. The number of oxazole rings is 1. The van der Waals surface area contributed by atoms with E-state index < -0.39 is 11.7 Å². The Bertz CT molecular complexity index is 1000. The molecule has 0 fully saturated rings. The second-order valence-electron chi connectivity index (χ2n) is 7.54. The molecule has 1 amide bonds. The number of amides is 1. The van der Waals surface area contributed by atoms with E-state index in [0.29, 0.717) is 6.54 Å². The molecule has 0 aliphatic carbocycles. The van der Waals surface area contributed by atoms with Crippen molar-refractivity contribution in [3.63, 3.8) is 0 Å². The molecule has 0 aliphatic rings. The molecule has 0 atom stereocenters. The van der Waals surface area contributed by atoms with Crippen LogP contribution in [-0.2, 0) is 25.8 Å². The maximum atomic E-state index is 13.5. The molecule has 164 valence electrons. The summed E-state index contributed by atoms with van der Waals surface area (Å²) in [6.07, 6.45) is -3.18. The fourth-order valence-electron chi connectivity index (χ4n) is 3.20. The highest BCUT2D eigenvalue weighted by molar-refractivity contribution is 5.92. The van der Waals surface area contributed by atoms with Crippen molar-refractivity contribution in [1.29, 1.82) is 0 Å². The summed E-state index contributed by atoms with van der Waals surface area (Å²) in [7, 11) is 0. The van der Waals surface area contributed by atoms with Crippen molar-refractivity contribution in [2.75, 3.05) is 0 Å². The first-order chi connectivity index (χ1) is 14.7. The minimum atomic E-state index is -4.44. The average molecular weight is 431 g/mol. The molecule has 1 N–H and O–H groups in total. The molecule has 0 spiro atoms. The van der Waals surface area contributed by atoms with Crippen LogP contribution in [0.1, 0.15) is 46.9 Å². The number of alkyl halides is 3. The molecule has 0 radical (unpaired) electrons. The van der Waals surface area contributed by atoms with Gasteiger partial charge in [0.2, 0.25) is 5.89 Å². The molecule has 1 heterocycles. The first-order valence-electron chi connectivity index (χ1n) is 9.89. The van der Waals surface area contributed by atoms with E-state index >= 15 is 0 Å². The fourth-order valence-corrected chi connectivity index (χ4v) is 3.20. The second kappa shape index (κ2) is 9.78. The van der Waals surface area contributed by atoms with Gasteiger partial charge in [0.25, 0.3) is 5.91 Å². The minimum Gasteiger partial charge on any atom is -0.447 e. The Hall–Kier alpha value is -3.13. The van der Waals surface area contributed by atoms with E-state index in [9.17, 15) is 18.0 Å². The molecule has 2 aromatic carbocycles. The van der Waals surface area contributed by atoms with Crippen LogP contribution < -0.4 is 5.32 Å². The number of hydrogen-bond acceptors (Lipinski definition) is 4. The van der Waals surface area contributed by atoms with E-state index in [1.54, 1.807) is 11.0 Å². The van der Waals surface area contributed by atoms with E-state index in [1.165, 1.54) is 18.4 Å². The molecule has 3 aromatic rings. The number of benzene rings is 2. The molecule has 3 rings (SSSR count). The molecular weight excluding hydrogens is 407 g/mol. The summed E-state index contributed by atoms with van der Waals surface area (Å²) in [5.41, 5.74) is 0.572. The van der Waals surface area contributed by atoms with Gasteiger partial charge in [-0.15, -0.1) is 0 Å². The first-order valence-corrected chi connectivity index (χ1v) is 9.89. The summed E-state index contributed by atoms with van der Waals surface area (Å²) in [5.74, 6) is -0.101. The monoisotopic (exact) mass is 431 g/mol. The van der Waals surface area contributed by atoms with Crippen LogP contribution in [0.5, 0.6) is 0 Å². The minimum absolute atomic E-state index is 0.0421. The zero-order valence-corrected chi connectivity index (χ0v) is 17.3. The summed E-state index contributed by atoms with van der Waals surface area (Å²) in [5, 5.41) is 2.73. The summed E-state index contributed by atoms with van der Waals surface area (Å²) in [4.78, 5) is 18.1. The van der Waals surface area contributed by atoms with Gasteiger partial charge in [-0.2, -0.15) is 13.2 Å². The molecule has 5 nitrogen and oxygen atoms in total. The lowest BCUT2D eigenvalue weighted by Crippen LogP contribution is -2.30. The van der Waals surface area contributed by atoms with E-state index in [-0.39, 0.29) is 42.2 Å². The number of carbonyl (C=O) groups excluding carboxylic acids is 1. The number of aromatic nitrogens is 1. The zero-order valence-electron chi connectivity index (χ0n) is 17.3.